The molecule has 1 nitrogen and oxygen atoms in total. The van der Waals surface area contributed by atoms with E-state index in [9.17, 15) is 0 Å². The fraction of sp³-hybridized carbons (Fsp3) is 0.600. The highest BCUT2D eigenvalue weighted by molar-refractivity contribution is 5.25. The summed E-state index contributed by atoms with van der Waals surface area (Å²) in [7, 11) is 0. The van der Waals surface area contributed by atoms with Crippen LogP contribution in [-0.4, -0.2) is 5.11 Å². The van der Waals surface area contributed by atoms with Gasteiger partial charge in [-0.05, 0) is 30.5 Å². The molecule has 90 valence electrons. The first-order chi connectivity index (χ1) is 7.83. The second-order valence-electron chi connectivity index (χ2n) is 4.54. The van der Waals surface area contributed by atoms with Gasteiger partial charge in [0.15, 0.2) is 0 Å². The molecule has 0 unspecified atom stereocenters. The van der Waals surface area contributed by atoms with Crippen LogP contribution in [0.15, 0.2) is 24.3 Å². The minimum Gasteiger partial charge on any atom is -0.508 e. The predicted molar refractivity (Wildman–Crippen MR) is 69.8 cm³/mol. The van der Waals surface area contributed by atoms with Crippen molar-refractivity contribution in [2.45, 2.75) is 58.3 Å². The molecule has 0 aromatic heterocycles. The Hall–Kier alpha value is -0.980. The van der Waals surface area contributed by atoms with Gasteiger partial charge in [0.1, 0.15) is 5.75 Å². The van der Waals surface area contributed by atoms with Crippen LogP contribution in [0.3, 0.4) is 0 Å². The SMILES string of the molecule is CCCCCCCC[14CH2]c1ccc(O)cc1. The lowest BCUT2D eigenvalue weighted by Gasteiger charge is -2.02. The van der Waals surface area contributed by atoms with E-state index in [0.717, 1.165) is 6.42 Å². The summed E-state index contributed by atoms with van der Waals surface area (Å²) in [6, 6.07) is 7.59. The van der Waals surface area contributed by atoms with Crippen molar-refractivity contribution >= 4 is 0 Å². The van der Waals surface area contributed by atoms with Crippen LogP contribution in [0.25, 0.3) is 0 Å². The number of unbranched alkanes of at least 4 members (excludes halogenated alkanes) is 6. The van der Waals surface area contributed by atoms with Crippen LogP contribution in [0.1, 0.15) is 57.4 Å². The third-order valence-corrected chi connectivity index (χ3v) is 3.01. The summed E-state index contributed by atoms with van der Waals surface area (Å²) >= 11 is 0. The zero-order chi connectivity index (χ0) is 11.6. The smallest absolute Gasteiger partial charge is 0.115 e. The molecule has 0 spiro atoms. The molecule has 1 aromatic carbocycles. The van der Waals surface area contributed by atoms with Crippen molar-refractivity contribution in [2.24, 2.45) is 0 Å². The first-order valence-electron chi connectivity index (χ1n) is 6.61. The van der Waals surface area contributed by atoms with Crippen molar-refractivity contribution in [3.05, 3.63) is 29.8 Å². The molecule has 1 heteroatoms. The molecule has 16 heavy (non-hydrogen) atoms. The van der Waals surface area contributed by atoms with Crippen molar-refractivity contribution in [1.82, 2.24) is 0 Å². The highest BCUT2D eigenvalue weighted by atomic mass is 16.3. The first-order valence-corrected chi connectivity index (χ1v) is 6.61. The van der Waals surface area contributed by atoms with E-state index in [1.54, 1.807) is 12.1 Å². The number of aryl methyl sites for hydroxylation is 1. The Morgan fingerprint density at radius 1 is 0.938 bits per heavy atom. The molecule has 0 heterocycles. The minimum atomic E-state index is 0.364. The van der Waals surface area contributed by atoms with Crippen molar-refractivity contribution < 1.29 is 5.11 Å². The Morgan fingerprint density at radius 2 is 1.56 bits per heavy atom. The lowest BCUT2D eigenvalue weighted by molar-refractivity contribution is 0.475. The second-order valence-corrected chi connectivity index (χ2v) is 4.54. The number of aromatic hydroxyl groups is 1. The van der Waals surface area contributed by atoms with E-state index in [1.165, 1.54) is 50.5 Å². The summed E-state index contributed by atoms with van der Waals surface area (Å²) in [6.07, 6.45) is 10.6. The number of benzene rings is 1. The molecule has 0 aliphatic heterocycles. The van der Waals surface area contributed by atoms with E-state index in [1.807, 2.05) is 12.1 Å². The molecule has 1 N–H and O–H groups in total. The summed E-state index contributed by atoms with van der Waals surface area (Å²) in [6.45, 7) is 2.25. The molecule has 0 bridgehead atoms. The molecule has 0 aliphatic rings. The van der Waals surface area contributed by atoms with Crippen LogP contribution in [0, 0.1) is 0 Å². The van der Waals surface area contributed by atoms with Gasteiger partial charge in [0.2, 0.25) is 0 Å². The van der Waals surface area contributed by atoms with Crippen LogP contribution in [-0.2, 0) is 6.42 Å². The van der Waals surface area contributed by atoms with E-state index in [0.29, 0.717) is 5.75 Å². The van der Waals surface area contributed by atoms with Crippen LogP contribution < -0.4 is 0 Å². The van der Waals surface area contributed by atoms with Crippen molar-refractivity contribution in [1.29, 1.82) is 0 Å². The van der Waals surface area contributed by atoms with Gasteiger partial charge in [0.25, 0.3) is 0 Å². The highest BCUT2D eigenvalue weighted by Crippen LogP contribution is 2.13. The normalized spacial score (nSPS) is 10.6. The van der Waals surface area contributed by atoms with Crippen molar-refractivity contribution in [3.63, 3.8) is 0 Å². The second kappa shape index (κ2) is 8.20. The van der Waals surface area contributed by atoms with Gasteiger partial charge in [-0.15, -0.1) is 0 Å². The Morgan fingerprint density at radius 3 is 2.25 bits per heavy atom. The van der Waals surface area contributed by atoms with Crippen molar-refractivity contribution in [2.75, 3.05) is 0 Å². The van der Waals surface area contributed by atoms with Gasteiger partial charge < -0.3 is 5.11 Å². The molecule has 0 aliphatic carbocycles. The fourth-order valence-electron chi connectivity index (χ4n) is 1.95. The third-order valence-electron chi connectivity index (χ3n) is 3.01. The van der Waals surface area contributed by atoms with E-state index in [2.05, 4.69) is 6.92 Å². The molecular weight excluding hydrogens is 198 g/mol. The molecule has 1 aromatic rings. The third kappa shape index (κ3) is 5.79. The summed E-state index contributed by atoms with van der Waals surface area (Å²) in [5, 5.41) is 9.15. The van der Waals surface area contributed by atoms with Crippen LogP contribution in [0.5, 0.6) is 5.75 Å². The zero-order valence-corrected chi connectivity index (χ0v) is 10.4. The number of rotatable bonds is 8. The maximum Gasteiger partial charge on any atom is 0.115 e. The number of hydrogen-bond donors (Lipinski definition) is 1. The molecule has 0 amide bonds. The van der Waals surface area contributed by atoms with Crippen LogP contribution in [0.4, 0.5) is 0 Å². The maximum absolute atomic E-state index is 9.15. The average Bonchev–Trinajstić information content (AvgIpc) is 2.30. The highest BCUT2D eigenvalue weighted by Gasteiger charge is 1.94. The van der Waals surface area contributed by atoms with Gasteiger partial charge >= 0.3 is 0 Å². The van der Waals surface area contributed by atoms with E-state index >= 15 is 0 Å². The monoisotopic (exact) mass is 222 g/mol. The number of phenols is 1. The van der Waals surface area contributed by atoms with Crippen molar-refractivity contribution in [3.8, 4) is 5.75 Å². The molecular formula is C15H24O. The van der Waals surface area contributed by atoms with Crippen LogP contribution in [0.2, 0.25) is 0 Å². The molecule has 0 atom stereocenters. The average molecular weight is 222 g/mol. The van der Waals surface area contributed by atoms with E-state index in [-0.39, 0.29) is 0 Å². The predicted octanol–water partition coefficient (Wildman–Crippen LogP) is 4.69. The van der Waals surface area contributed by atoms with Gasteiger partial charge in [-0.2, -0.15) is 0 Å². The van der Waals surface area contributed by atoms with Gasteiger partial charge in [-0.3, -0.25) is 0 Å². The zero-order valence-electron chi connectivity index (χ0n) is 10.4. The quantitative estimate of drug-likeness (QED) is 0.633. The molecule has 1 rings (SSSR count). The molecule has 0 fully saturated rings. The fourth-order valence-corrected chi connectivity index (χ4v) is 1.95. The summed E-state index contributed by atoms with van der Waals surface area (Å²) in [5.41, 5.74) is 1.34. The van der Waals surface area contributed by atoms with Crippen LogP contribution >= 0.6 is 0 Å². The van der Waals surface area contributed by atoms with Gasteiger partial charge in [-0.1, -0.05) is 57.6 Å². The molecule has 0 saturated heterocycles. The Bertz CT molecular complexity index is 263. The Balaban J connectivity index is 2.01. The Kier molecular flexibility index (Phi) is 6.71. The summed E-state index contributed by atoms with van der Waals surface area (Å²) < 4.78 is 0. The Labute approximate surface area is 99.5 Å². The molecule has 0 saturated carbocycles. The topological polar surface area (TPSA) is 20.2 Å². The largest absolute Gasteiger partial charge is 0.508 e. The van der Waals surface area contributed by atoms with Gasteiger partial charge in [0.05, 0.1) is 0 Å². The van der Waals surface area contributed by atoms with E-state index < -0.39 is 0 Å². The number of phenolic OH excluding ortho intramolecular Hbond substituents is 1. The summed E-state index contributed by atoms with van der Waals surface area (Å²) in [4.78, 5) is 0. The van der Waals surface area contributed by atoms with Gasteiger partial charge in [-0.25, -0.2) is 0 Å². The first kappa shape index (κ1) is 13.1. The lowest BCUT2D eigenvalue weighted by atomic mass is 10.1. The maximum atomic E-state index is 9.15. The molecule has 0 radical (unpaired) electrons. The standard InChI is InChI=1S/C15H24O/c1-2-3-4-5-6-7-8-9-14-10-12-15(16)13-11-14/h10-13,16H,2-9H2,1H3/i9+2. The number of hydrogen-bond acceptors (Lipinski definition) is 1. The van der Waals surface area contributed by atoms with Gasteiger partial charge in [0, 0.05) is 0 Å². The minimum absolute atomic E-state index is 0.364. The van der Waals surface area contributed by atoms with E-state index in [4.69, 9.17) is 5.11 Å². The summed E-state index contributed by atoms with van der Waals surface area (Å²) in [5.74, 6) is 0.364. The lowest BCUT2D eigenvalue weighted by Crippen LogP contribution is -1.85.